The van der Waals surface area contributed by atoms with Crippen LogP contribution in [-0.4, -0.2) is 60.9 Å². The molecule has 28 heavy (non-hydrogen) atoms. The number of ether oxygens (including phenoxy) is 4. The van der Waals surface area contributed by atoms with E-state index >= 15 is 0 Å². The van der Waals surface area contributed by atoms with E-state index in [2.05, 4.69) is 5.32 Å². The first-order valence-corrected chi connectivity index (χ1v) is 9.29. The van der Waals surface area contributed by atoms with Crippen molar-refractivity contribution < 1.29 is 38.1 Å². The van der Waals surface area contributed by atoms with Crippen LogP contribution in [0.5, 0.6) is 0 Å². The van der Waals surface area contributed by atoms with E-state index in [1.807, 2.05) is 20.8 Å². The molecule has 160 valence electrons. The van der Waals surface area contributed by atoms with Gasteiger partial charge in [0.2, 0.25) is 5.91 Å². The first kappa shape index (κ1) is 23.9. The van der Waals surface area contributed by atoms with Crippen molar-refractivity contribution in [3.8, 4) is 0 Å². The zero-order valence-corrected chi connectivity index (χ0v) is 17.6. The van der Waals surface area contributed by atoms with E-state index in [-0.39, 0.29) is 12.5 Å². The molecule has 1 N–H and O–H groups in total. The number of hydrogen-bond acceptors (Lipinski definition) is 8. The number of carbonyl (C=O) groups is 4. The van der Waals surface area contributed by atoms with Gasteiger partial charge in [0.05, 0.1) is 12.1 Å². The van der Waals surface area contributed by atoms with Crippen molar-refractivity contribution in [2.45, 2.75) is 85.3 Å². The fourth-order valence-electron chi connectivity index (χ4n) is 3.20. The summed E-state index contributed by atoms with van der Waals surface area (Å²) >= 11 is 0. The number of carbonyl (C=O) groups excluding carboxylic acids is 4. The van der Waals surface area contributed by atoms with Crippen molar-refractivity contribution in [1.82, 2.24) is 5.32 Å². The summed E-state index contributed by atoms with van der Waals surface area (Å²) in [6.45, 7) is 10.7. The van der Waals surface area contributed by atoms with Gasteiger partial charge in [-0.15, -0.1) is 0 Å². The molecule has 1 aliphatic heterocycles. The minimum absolute atomic E-state index is 0.186. The van der Waals surface area contributed by atoms with Gasteiger partial charge in [0.15, 0.2) is 12.2 Å². The summed E-state index contributed by atoms with van der Waals surface area (Å²) in [6, 6.07) is -0.755. The summed E-state index contributed by atoms with van der Waals surface area (Å²) in [7, 11) is 0. The van der Waals surface area contributed by atoms with Crippen LogP contribution in [0.25, 0.3) is 0 Å². The van der Waals surface area contributed by atoms with Crippen molar-refractivity contribution in [3.63, 3.8) is 0 Å². The molecule has 5 unspecified atom stereocenters. The molecule has 0 aromatic heterocycles. The monoisotopic (exact) mass is 401 g/mol. The van der Waals surface area contributed by atoms with Crippen LogP contribution in [0, 0.1) is 5.41 Å². The van der Waals surface area contributed by atoms with E-state index < -0.39 is 53.8 Å². The van der Waals surface area contributed by atoms with Crippen molar-refractivity contribution in [1.29, 1.82) is 0 Å². The molecule has 1 fully saturated rings. The molecule has 1 aliphatic rings. The van der Waals surface area contributed by atoms with Gasteiger partial charge < -0.3 is 24.3 Å². The third kappa shape index (κ3) is 6.47. The van der Waals surface area contributed by atoms with E-state index in [1.54, 1.807) is 0 Å². The molecule has 1 rings (SSSR count). The van der Waals surface area contributed by atoms with Crippen LogP contribution in [0.1, 0.15) is 54.9 Å². The fraction of sp³-hybridized carbons (Fsp3) is 0.789. The maximum Gasteiger partial charge on any atom is 0.303 e. The Hall–Kier alpha value is -2.16. The summed E-state index contributed by atoms with van der Waals surface area (Å²) in [6.07, 6.45) is -2.81. The van der Waals surface area contributed by atoms with E-state index in [0.29, 0.717) is 6.42 Å². The van der Waals surface area contributed by atoms with Gasteiger partial charge in [-0.05, 0) is 11.8 Å². The predicted octanol–water partition coefficient (Wildman–Crippen LogP) is 1.12. The molecular weight excluding hydrogens is 370 g/mol. The summed E-state index contributed by atoms with van der Waals surface area (Å²) in [5.41, 5.74) is -0.429. The van der Waals surface area contributed by atoms with E-state index in [1.165, 1.54) is 27.7 Å². The van der Waals surface area contributed by atoms with Gasteiger partial charge in [-0.1, -0.05) is 20.8 Å². The van der Waals surface area contributed by atoms with E-state index in [9.17, 15) is 19.2 Å². The van der Waals surface area contributed by atoms with Gasteiger partial charge in [-0.3, -0.25) is 19.2 Å². The molecule has 1 amide bonds. The Balaban J connectivity index is 3.41. The molecule has 1 saturated heterocycles. The van der Waals surface area contributed by atoms with Gasteiger partial charge in [0.1, 0.15) is 12.7 Å². The standard InChI is InChI=1S/C19H31NO8/c1-8-19(6,7)18-15(20-10(2)21)17(27-13(5)24)16(26-12(4)23)14(28-18)9-25-11(3)22/h14-18H,8-9H2,1-7H3,(H,20,21). The highest BCUT2D eigenvalue weighted by Crippen LogP contribution is 2.38. The number of rotatable bonds is 7. The van der Waals surface area contributed by atoms with Gasteiger partial charge in [-0.25, -0.2) is 0 Å². The van der Waals surface area contributed by atoms with Crippen molar-refractivity contribution in [3.05, 3.63) is 0 Å². The molecule has 0 saturated carbocycles. The number of hydrogen-bond donors (Lipinski definition) is 1. The second-order valence-electron chi connectivity index (χ2n) is 7.61. The maximum absolute atomic E-state index is 11.8. The second-order valence-corrected chi connectivity index (χ2v) is 7.61. The topological polar surface area (TPSA) is 117 Å². The fourth-order valence-corrected chi connectivity index (χ4v) is 3.20. The molecule has 0 aromatic carbocycles. The highest BCUT2D eigenvalue weighted by atomic mass is 16.6. The molecule has 0 bridgehead atoms. The second kappa shape index (κ2) is 9.86. The Morgan fingerprint density at radius 1 is 0.929 bits per heavy atom. The molecule has 0 aromatic rings. The molecule has 0 aliphatic carbocycles. The van der Waals surface area contributed by atoms with Crippen molar-refractivity contribution in [2.24, 2.45) is 5.41 Å². The van der Waals surface area contributed by atoms with E-state index in [4.69, 9.17) is 18.9 Å². The Bertz CT molecular complexity index is 603. The predicted molar refractivity (Wildman–Crippen MR) is 98.1 cm³/mol. The Morgan fingerprint density at radius 3 is 1.89 bits per heavy atom. The largest absolute Gasteiger partial charge is 0.463 e. The first-order chi connectivity index (χ1) is 12.9. The summed E-state index contributed by atoms with van der Waals surface area (Å²) in [4.78, 5) is 46.6. The lowest BCUT2D eigenvalue weighted by Crippen LogP contribution is -2.68. The van der Waals surface area contributed by atoms with Crippen LogP contribution in [-0.2, 0) is 38.1 Å². The maximum atomic E-state index is 11.8. The summed E-state index contributed by atoms with van der Waals surface area (Å²) in [5.74, 6) is -2.08. The van der Waals surface area contributed by atoms with Gasteiger partial charge in [0, 0.05) is 27.7 Å². The number of esters is 3. The van der Waals surface area contributed by atoms with Crippen LogP contribution in [0.3, 0.4) is 0 Å². The smallest absolute Gasteiger partial charge is 0.303 e. The lowest BCUT2D eigenvalue weighted by molar-refractivity contribution is -0.238. The minimum Gasteiger partial charge on any atom is -0.463 e. The highest BCUT2D eigenvalue weighted by molar-refractivity contribution is 5.74. The van der Waals surface area contributed by atoms with Crippen LogP contribution in [0.15, 0.2) is 0 Å². The first-order valence-electron chi connectivity index (χ1n) is 9.29. The quantitative estimate of drug-likeness (QED) is 0.498. The third-order valence-corrected chi connectivity index (χ3v) is 4.80. The lowest BCUT2D eigenvalue weighted by atomic mass is 9.75. The zero-order chi connectivity index (χ0) is 21.6. The van der Waals surface area contributed by atoms with E-state index in [0.717, 1.165) is 0 Å². The number of nitrogens with one attached hydrogen (secondary N) is 1. The Kier molecular flexibility index (Phi) is 8.41. The van der Waals surface area contributed by atoms with Crippen LogP contribution < -0.4 is 5.32 Å². The Morgan fingerprint density at radius 2 is 1.46 bits per heavy atom. The number of amides is 1. The van der Waals surface area contributed by atoms with Crippen LogP contribution >= 0.6 is 0 Å². The Labute approximate surface area is 165 Å². The average molecular weight is 401 g/mol. The normalized spacial score (nSPS) is 27.5. The van der Waals surface area contributed by atoms with Crippen LogP contribution in [0.2, 0.25) is 0 Å². The molecule has 0 radical (unpaired) electrons. The molecule has 1 heterocycles. The zero-order valence-electron chi connectivity index (χ0n) is 17.6. The van der Waals surface area contributed by atoms with Crippen LogP contribution in [0.4, 0.5) is 0 Å². The molecule has 9 nitrogen and oxygen atoms in total. The summed E-state index contributed by atoms with van der Waals surface area (Å²) in [5, 5.41) is 2.78. The highest BCUT2D eigenvalue weighted by Gasteiger charge is 2.54. The van der Waals surface area contributed by atoms with Crippen molar-refractivity contribution >= 4 is 23.8 Å². The molecule has 9 heteroatoms. The molecule has 0 spiro atoms. The van der Waals surface area contributed by atoms with Crippen molar-refractivity contribution in [2.75, 3.05) is 6.61 Å². The summed E-state index contributed by atoms with van der Waals surface area (Å²) < 4.78 is 22.1. The molecule has 5 atom stereocenters. The minimum atomic E-state index is -1.05. The SMILES string of the molecule is CCC(C)(C)C1OC(COC(C)=O)C(OC(C)=O)C(OC(C)=O)C1NC(C)=O. The van der Waals surface area contributed by atoms with Gasteiger partial charge in [-0.2, -0.15) is 0 Å². The lowest BCUT2D eigenvalue weighted by Gasteiger charge is -2.50. The molecular formula is C19H31NO8. The average Bonchev–Trinajstić information content (AvgIpc) is 2.55. The van der Waals surface area contributed by atoms with Gasteiger partial charge >= 0.3 is 17.9 Å². The van der Waals surface area contributed by atoms with Gasteiger partial charge in [0.25, 0.3) is 0 Å². The third-order valence-electron chi connectivity index (χ3n) is 4.80.